The third-order valence-electron chi connectivity index (χ3n) is 7.14. The molecule has 2 bridgehead atoms. The van der Waals surface area contributed by atoms with Crippen molar-refractivity contribution in [3.05, 3.63) is 51.9 Å². The summed E-state index contributed by atoms with van der Waals surface area (Å²) in [6.07, 6.45) is 7.32. The third kappa shape index (κ3) is 5.25. The van der Waals surface area contributed by atoms with Crippen LogP contribution in [-0.2, 0) is 4.79 Å². The Labute approximate surface area is 219 Å². The van der Waals surface area contributed by atoms with E-state index in [2.05, 4.69) is 20.5 Å². The van der Waals surface area contributed by atoms with Crippen molar-refractivity contribution in [2.24, 2.45) is 0 Å². The number of ether oxygens (including phenoxy) is 1. The van der Waals surface area contributed by atoms with Crippen LogP contribution < -0.4 is 20.3 Å². The van der Waals surface area contributed by atoms with Gasteiger partial charge in [0.25, 0.3) is 11.8 Å². The molecule has 1 aliphatic carbocycles. The topological polar surface area (TPSA) is 83.6 Å². The fourth-order valence-electron chi connectivity index (χ4n) is 5.10. The molecule has 5 rings (SSSR count). The molecule has 2 aliphatic heterocycles. The molecule has 2 N–H and O–H groups in total. The number of hydrogen-bond donors (Lipinski definition) is 2. The fourth-order valence-corrected chi connectivity index (χ4v) is 5.52. The van der Waals surface area contributed by atoms with Crippen LogP contribution >= 0.6 is 23.2 Å². The summed E-state index contributed by atoms with van der Waals surface area (Å²) in [5, 5.41) is 6.13. The summed E-state index contributed by atoms with van der Waals surface area (Å²) in [5.74, 6) is -0.113. The number of anilines is 1. The lowest BCUT2D eigenvalue weighted by Crippen LogP contribution is -2.55. The molecule has 0 spiro atoms. The summed E-state index contributed by atoms with van der Waals surface area (Å²) in [6, 6.07) is 6.88. The van der Waals surface area contributed by atoms with E-state index in [-0.39, 0.29) is 45.7 Å². The number of aromatic nitrogens is 1. The Morgan fingerprint density at radius 2 is 1.72 bits per heavy atom. The number of hydrogen-bond acceptors (Lipinski definition) is 5. The Bertz CT molecular complexity index is 1160. The predicted molar refractivity (Wildman–Crippen MR) is 136 cm³/mol. The lowest BCUT2D eigenvalue weighted by molar-refractivity contribution is -0.135. The van der Waals surface area contributed by atoms with Gasteiger partial charge in [-0.15, -0.1) is 0 Å². The Morgan fingerprint density at radius 1 is 1.03 bits per heavy atom. The van der Waals surface area contributed by atoms with Crippen LogP contribution in [0.3, 0.4) is 0 Å². The molecule has 3 fully saturated rings. The van der Waals surface area contributed by atoms with E-state index in [4.69, 9.17) is 27.9 Å². The van der Waals surface area contributed by atoms with Crippen molar-refractivity contribution in [3.63, 3.8) is 0 Å². The van der Waals surface area contributed by atoms with Crippen LogP contribution in [0.1, 0.15) is 62.7 Å². The number of fused-ring (bicyclic) bond motifs is 2. The van der Waals surface area contributed by atoms with Crippen LogP contribution in [0.5, 0.6) is 5.75 Å². The fraction of sp³-hybridized carbons (Fsp3) is 0.500. The average Bonchev–Trinajstić information content (AvgIpc) is 3.60. The maximum Gasteiger partial charge on any atom is 0.263 e. The summed E-state index contributed by atoms with van der Waals surface area (Å²) in [5.41, 5.74) is -0.693. The number of pyridine rings is 1. The number of amides is 2. The average molecular weight is 535 g/mol. The van der Waals surface area contributed by atoms with E-state index < -0.39 is 11.4 Å². The van der Waals surface area contributed by atoms with E-state index in [1.165, 1.54) is 6.07 Å². The number of carbonyl (C=O) groups is 2. The molecule has 0 radical (unpaired) electrons. The summed E-state index contributed by atoms with van der Waals surface area (Å²) < 4.78 is 19.7. The Hall–Kier alpha value is -2.58. The van der Waals surface area contributed by atoms with Crippen molar-refractivity contribution in [1.29, 1.82) is 0 Å². The van der Waals surface area contributed by atoms with Gasteiger partial charge >= 0.3 is 0 Å². The molecule has 2 aromatic rings. The minimum absolute atomic E-state index is 0.0184. The molecular formula is C26H29Cl2FN4O3. The molecule has 2 amide bonds. The summed E-state index contributed by atoms with van der Waals surface area (Å²) in [7, 11) is 0. The number of benzene rings is 1. The second-order valence-corrected chi connectivity index (χ2v) is 11.2. The summed E-state index contributed by atoms with van der Waals surface area (Å²) in [6.45, 7) is 3.25. The van der Waals surface area contributed by atoms with Gasteiger partial charge in [-0.3, -0.25) is 9.59 Å². The van der Waals surface area contributed by atoms with E-state index in [1.807, 2.05) is 12.1 Å². The second kappa shape index (κ2) is 9.71. The normalized spacial score (nSPS) is 23.4. The summed E-state index contributed by atoms with van der Waals surface area (Å²) in [4.78, 5) is 32.3. The maximum atomic E-state index is 13.9. The van der Waals surface area contributed by atoms with Crippen molar-refractivity contribution in [3.8, 4) is 5.75 Å². The molecule has 10 heteroatoms. The first kappa shape index (κ1) is 25.1. The molecule has 3 heterocycles. The van der Waals surface area contributed by atoms with Gasteiger partial charge in [0.1, 0.15) is 17.4 Å². The van der Waals surface area contributed by atoms with Crippen molar-refractivity contribution in [2.75, 3.05) is 4.90 Å². The molecule has 3 aliphatic rings. The minimum Gasteiger partial charge on any atom is -0.476 e. The van der Waals surface area contributed by atoms with Gasteiger partial charge in [0.05, 0.1) is 15.6 Å². The molecule has 2 saturated heterocycles. The first-order chi connectivity index (χ1) is 17.1. The van der Waals surface area contributed by atoms with E-state index in [0.717, 1.165) is 50.4 Å². The Kier molecular flexibility index (Phi) is 6.76. The van der Waals surface area contributed by atoms with Crippen molar-refractivity contribution in [1.82, 2.24) is 15.6 Å². The van der Waals surface area contributed by atoms with Gasteiger partial charge < -0.3 is 20.3 Å². The largest absolute Gasteiger partial charge is 0.476 e. The van der Waals surface area contributed by atoms with E-state index in [0.29, 0.717) is 11.6 Å². The molecule has 192 valence electrons. The second-order valence-electron chi connectivity index (χ2n) is 10.4. The maximum absolute atomic E-state index is 13.9. The molecule has 1 aromatic carbocycles. The number of rotatable bonds is 7. The van der Waals surface area contributed by atoms with Crippen LogP contribution in [0.15, 0.2) is 30.5 Å². The Balaban J connectivity index is 1.20. The van der Waals surface area contributed by atoms with Crippen LogP contribution in [0, 0.1) is 5.82 Å². The first-order valence-corrected chi connectivity index (χ1v) is 13.1. The van der Waals surface area contributed by atoms with Crippen molar-refractivity contribution >= 4 is 40.8 Å². The van der Waals surface area contributed by atoms with Gasteiger partial charge in [-0.25, -0.2) is 9.37 Å². The predicted octanol–water partition coefficient (Wildman–Crippen LogP) is 4.89. The molecule has 1 saturated carbocycles. The lowest BCUT2D eigenvalue weighted by Gasteiger charge is -2.40. The molecule has 1 aromatic heterocycles. The van der Waals surface area contributed by atoms with Gasteiger partial charge in [0, 0.05) is 36.4 Å². The van der Waals surface area contributed by atoms with Crippen LogP contribution in [0.2, 0.25) is 10.0 Å². The molecule has 2 unspecified atom stereocenters. The zero-order valence-corrected chi connectivity index (χ0v) is 21.7. The van der Waals surface area contributed by atoms with Gasteiger partial charge in [-0.05, 0) is 70.6 Å². The van der Waals surface area contributed by atoms with Crippen molar-refractivity contribution < 1.29 is 18.7 Å². The van der Waals surface area contributed by atoms with Crippen molar-refractivity contribution in [2.45, 2.75) is 82.1 Å². The molecule has 2 atom stereocenters. The highest BCUT2D eigenvalue weighted by Gasteiger charge is 2.43. The number of nitrogens with zero attached hydrogens (tertiary/aromatic N) is 2. The number of nitrogens with one attached hydrogen (secondary N) is 2. The Morgan fingerprint density at radius 3 is 2.33 bits per heavy atom. The number of halogens is 3. The number of carbonyl (C=O) groups excluding carboxylic acids is 2. The van der Waals surface area contributed by atoms with E-state index in [9.17, 15) is 14.0 Å². The third-order valence-corrected chi connectivity index (χ3v) is 7.73. The lowest BCUT2D eigenvalue weighted by atomic mass is 9.96. The van der Waals surface area contributed by atoms with Gasteiger partial charge in [-0.2, -0.15) is 0 Å². The highest BCUT2D eigenvalue weighted by Crippen LogP contribution is 2.39. The zero-order valence-electron chi connectivity index (χ0n) is 20.2. The van der Waals surface area contributed by atoms with Gasteiger partial charge in [0.15, 0.2) is 5.60 Å². The highest BCUT2D eigenvalue weighted by molar-refractivity contribution is 6.35. The quantitative estimate of drug-likeness (QED) is 0.494. The number of piperidine rings is 1. The zero-order chi connectivity index (χ0) is 25.6. The summed E-state index contributed by atoms with van der Waals surface area (Å²) >= 11 is 11.9. The van der Waals surface area contributed by atoms with Crippen LogP contribution in [0.25, 0.3) is 0 Å². The monoisotopic (exact) mass is 534 g/mol. The van der Waals surface area contributed by atoms with Crippen LogP contribution in [0.4, 0.5) is 10.2 Å². The molecule has 36 heavy (non-hydrogen) atoms. The minimum atomic E-state index is -1.27. The smallest absolute Gasteiger partial charge is 0.263 e. The SMILES string of the molecule is CC(C)(Oc1cc(F)c(Cl)cc1Cl)C(=O)NC1CC2CCC(C1)N2c1ccc(C(=O)NC2CC2)cn1. The standard InChI is InChI=1S/C26H29Cl2FN4O3/c1-26(2,36-22-12-21(29)19(27)11-20(22)28)25(35)32-16-9-17-6-7-18(10-16)33(17)23-8-3-14(13-30-23)24(34)31-15-4-5-15/h3,8,11-13,15-18H,4-7,9-10H2,1-2H3,(H,31,34)(H,32,35). The van der Waals surface area contributed by atoms with E-state index in [1.54, 1.807) is 20.0 Å². The van der Waals surface area contributed by atoms with Gasteiger partial charge in [0.2, 0.25) is 0 Å². The van der Waals surface area contributed by atoms with E-state index >= 15 is 0 Å². The molecule has 7 nitrogen and oxygen atoms in total. The first-order valence-electron chi connectivity index (χ1n) is 12.3. The van der Waals surface area contributed by atoms with Gasteiger partial charge in [-0.1, -0.05) is 23.2 Å². The van der Waals surface area contributed by atoms with Crippen LogP contribution in [-0.4, -0.2) is 46.6 Å². The highest BCUT2D eigenvalue weighted by atomic mass is 35.5. The molecular weight excluding hydrogens is 506 g/mol.